The maximum atomic E-state index is 11.8. The van der Waals surface area contributed by atoms with Gasteiger partial charge in [0, 0.05) is 12.2 Å². The van der Waals surface area contributed by atoms with Crippen LogP contribution in [-0.4, -0.2) is 30.9 Å². The summed E-state index contributed by atoms with van der Waals surface area (Å²) in [6.45, 7) is 7.87. The average Bonchev–Trinajstić information content (AvgIpc) is 2.37. The molecule has 1 unspecified atom stereocenters. The van der Waals surface area contributed by atoms with Crippen LogP contribution in [0.2, 0.25) is 0 Å². The van der Waals surface area contributed by atoms with Crippen LogP contribution in [0, 0.1) is 12.3 Å². The van der Waals surface area contributed by atoms with Gasteiger partial charge in [0.15, 0.2) is 0 Å². The van der Waals surface area contributed by atoms with Crippen molar-refractivity contribution in [1.82, 2.24) is 5.32 Å². The Morgan fingerprint density at radius 2 is 2.05 bits per heavy atom. The number of nitrogens with one attached hydrogen (secondary N) is 2. The Hall–Kier alpha value is -1.75. The quantitative estimate of drug-likeness (QED) is 0.793. The Morgan fingerprint density at radius 3 is 2.55 bits per heavy atom. The van der Waals surface area contributed by atoms with E-state index in [0.29, 0.717) is 5.69 Å². The molecule has 0 saturated heterocycles. The van der Waals surface area contributed by atoms with E-state index in [-0.39, 0.29) is 18.0 Å². The Balaban J connectivity index is 2.55. The van der Waals surface area contributed by atoms with E-state index in [4.69, 9.17) is 4.74 Å². The molecule has 1 aromatic carbocycles. The molecule has 3 N–H and O–H groups in total. The van der Waals surface area contributed by atoms with Gasteiger partial charge >= 0.3 is 6.03 Å². The van der Waals surface area contributed by atoms with Gasteiger partial charge in [-0.3, -0.25) is 0 Å². The molecule has 0 aromatic heterocycles. The van der Waals surface area contributed by atoms with Crippen molar-refractivity contribution in [1.29, 1.82) is 0 Å². The zero-order valence-electron chi connectivity index (χ0n) is 12.8. The highest BCUT2D eigenvalue weighted by Gasteiger charge is 2.22. The first-order chi connectivity index (χ1) is 9.24. The molecule has 0 saturated carbocycles. The van der Waals surface area contributed by atoms with Gasteiger partial charge in [0.2, 0.25) is 0 Å². The summed E-state index contributed by atoms with van der Waals surface area (Å²) in [5.41, 5.74) is 1.37. The standard InChI is InChI=1S/C15H24N2O3/c1-10-8-11(20-5)6-7-12(10)17-14(19)16-9-13(18)15(2,3)4/h6-8,13,18H,9H2,1-5H3,(H2,16,17,19). The van der Waals surface area contributed by atoms with E-state index in [1.807, 2.05) is 33.8 Å². The maximum Gasteiger partial charge on any atom is 0.319 e. The van der Waals surface area contributed by atoms with E-state index in [1.54, 1.807) is 19.2 Å². The Labute approximate surface area is 120 Å². The number of benzene rings is 1. The molecule has 20 heavy (non-hydrogen) atoms. The van der Waals surface area contributed by atoms with E-state index in [0.717, 1.165) is 11.3 Å². The molecule has 0 fully saturated rings. The lowest BCUT2D eigenvalue weighted by Gasteiger charge is -2.25. The fraction of sp³-hybridized carbons (Fsp3) is 0.533. The fourth-order valence-corrected chi connectivity index (χ4v) is 1.57. The number of hydrogen-bond acceptors (Lipinski definition) is 3. The number of hydrogen-bond donors (Lipinski definition) is 3. The molecule has 5 nitrogen and oxygen atoms in total. The second-order valence-corrected chi connectivity index (χ2v) is 5.90. The zero-order chi connectivity index (χ0) is 15.3. The summed E-state index contributed by atoms with van der Waals surface area (Å²) in [7, 11) is 1.60. The highest BCUT2D eigenvalue weighted by atomic mass is 16.5. The first-order valence-corrected chi connectivity index (χ1v) is 6.61. The van der Waals surface area contributed by atoms with E-state index in [9.17, 15) is 9.90 Å². The molecule has 0 aliphatic carbocycles. The molecule has 112 valence electrons. The normalized spacial score (nSPS) is 12.7. The molecule has 0 radical (unpaired) electrons. The highest BCUT2D eigenvalue weighted by Crippen LogP contribution is 2.21. The number of amides is 2. The first-order valence-electron chi connectivity index (χ1n) is 6.61. The summed E-state index contributed by atoms with van der Waals surface area (Å²) in [5.74, 6) is 0.747. The third-order valence-electron chi connectivity index (χ3n) is 3.14. The van der Waals surface area contributed by atoms with E-state index >= 15 is 0 Å². The van der Waals surface area contributed by atoms with Crippen molar-refractivity contribution in [2.24, 2.45) is 5.41 Å². The van der Waals surface area contributed by atoms with Crippen LogP contribution in [0.1, 0.15) is 26.3 Å². The highest BCUT2D eigenvalue weighted by molar-refractivity contribution is 5.90. The Bertz CT molecular complexity index is 467. The van der Waals surface area contributed by atoms with Crippen molar-refractivity contribution >= 4 is 11.7 Å². The summed E-state index contributed by atoms with van der Waals surface area (Å²) in [6, 6.07) is 5.08. The monoisotopic (exact) mass is 280 g/mol. The summed E-state index contributed by atoms with van der Waals surface area (Å²) in [6.07, 6.45) is -0.592. The molecule has 1 atom stereocenters. The molecule has 0 heterocycles. The van der Waals surface area contributed by atoms with Gasteiger partial charge in [0.1, 0.15) is 5.75 Å². The summed E-state index contributed by atoms with van der Waals surface area (Å²) in [5, 5.41) is 15.3. The van der Waals surface area contributed by atoms with Crippen molar-refractivity contribution in [2.45, 2.75) is 33.8 Å². The van der Waals surface area contributed by atoms with Crippen LogP contribution >= 0.6 is 0 Å². The lowest BCUT2D eigenvalue weighted by Crippen LogP contribution is -2.40. The third-order valence-corrected chi connectivity index (χ3v) is 3.14. The Morgan fingerprint density at radius 1 is 1.40 bits per heavy atom. The minimum atomic E-state index is -0.592. The molecule has 0 bridgehead atoms. The molecule has 0 aliphatic heterocycles. The average molecular weight is 280 g/mol. The van der Waals surface area contributed by atoms with E-state index in [2.05, 4.69) is 10.6 Å². The van der Waals surface area contributed by atoms with E-state index in [1.165, 1.54) is 0 Å². The van der Waals surface area contributed by atoms with Gasteiger partial charge in [-0.25, -0.2) is 4.79 Å². The molecule has 0 spiro atoms. The van der Waals surface area contributed by atoms with Gasteiger partial charge < -0.3 is 20.5 Å². The van der Waals surface area contributed by atoms with Crippen LogP contribution in [0.15, 0.2) is 18.2 Å². The molecular weight excluding hydrogens is 256 g/mol. The van der Waals surface area contributed by atoms with Crippen molar-refractivity contribution in [3.05, 3.63) is 23.8 Å². The number of methoxy groups -OCH3 is 1. The van der Waals surface area contributed by atoms with Crippen molar-refractivity contribution < 1.29 is 14.6 Å². The van der Waals surface area contributed by atoms with Gasteiger partial charge in [-0.05, 0) is 36.1 Å². The minimum absolute atomic E-state index is 0.213. The van der Waals surface area contributed by atoms with Crippen LogP contribution in [0.25, 0.3) is 0 Å². The number of aliphatic hydroxyl groups excluding tert-OH is 1. The van der Waals surface area contributed by atoms with Crippen LogP contribution in [0.3, 0.4) is 0 Å². The first kappa shape index (κ1) is 16.3. The second-order valence-electron chi connectivity index (χ2n) is 5.90. The lowest BCUT2D eigenvalue weighted by atomic mass is 9.89. The largest absolute Gasteiger partial charge is 0.497 e. The van der Waals surface area contributed by atoms with Gasteiger partial charge in [-0.1, -0.05) is 20.8 Å². The molecule has 0 aliphatic rings. The third kappa shape index (κ3) is 4.74. The van der Waals surface area contributed by atoms with Gasteiger partial charge in [0.25, 0.3) is 0 Å². The van der Waals surface area contributed by atoms with Crippen LogP contribution < -0.4 is 15.4 Å². The topological polar surface area (TPSA) is 70.6 Å². The smallest absolute Gasteiger partial charge is 0.319 e. The van der Waals surface area contributed by atoms with Crippen LogP contribution in [0.5, 0.6) is 5.75 Å². The van der Waals surface area contributed by atoms with Crippen molar-refractivity contribution in [2.75, 3.05) is 19.0 Å². The predicted molar refractivity (Wildman–Crippen MR) is 80.2 cm³/mol. The fourth-order valence-electron chi connectivity index (χ4n) is 1.57. The second kappa shape index (κ2) is 6.61. The maximum absolute atomic E-state index is 11.8. The number of carbonyl (C=O) groups is 1. The molecule has 1 rings (SSSR count). The number of anilines is 1. The number of ether oxygens (including phenoxy) is 1. The van der Waals surface area contributed by atoms with E-state index < -0.39 is 6.10 Å². The van der Waals surface area contributed by atoms with Crippen molar-refractivity contribution in [3.8, 4) is 5.75 Å². The Kier molecular flexibility index (Phi) is 5.39. The number of urea groups is 1. The SMILES string of the molecule is COc1ccc(NC(=O)NCC(O)C(C)(C)C)c(C)c1. The molecule has 1 aromatic rings. The van der Waals surface area contributed by atoms with Gasteiger partial charge in [-0.2, -0.15) is 0 Å². The molecule has 5 heteroatoms. The number of rotatable bonds is 4. The number of aryl methyl sites for hydroxylation is 1. The van der Waals surface area contributed by atoms with Gasteiger partial charge in [0.05, 0.1) is 13.2 Å². The molecule has 2 amide bonds. The molecular formula is C15H24N2O3. The summed E-state index contributed by atoms with van der Waals surface area (Å²) < 4.78 is 5.11. The predicted octanol–water partition coefficient (Wildman–Crippen LogP) is 2.53. The zero-order valence-corrected chi connectivity index (χ0v) is 12.8. The summed E-state index contributed by atoms with van der Waals surface area (Å²) in [4.78, 5) is 11.8. The van der Waals surface area contributed by atoms with Gasteiger partial charge in [-0.15, -0.1) is 0 Å². The van der Waals surface area contributed by atoms with Crippen LogP contribution in [-0.2, 0) is 0 Å². The van der Waals surface area contributed by atoms with Crippen molar-refractivity contribution in [3.63, 3.8) is 0 Å². The minimum Gasteiger partial charge on any atom is -0.497 e. The van der Waals surface area contributed by atoms with Crippen LogP contribution in [0.4, 0.5) is 10.5 Å². The lowest BCUT2D eigenvalue weighted by molar-refractivity contribution is 0.0654. The summed E-state index contributed by atoms with van der Waals surface area (Å²) >= 11 is 0. The number of aliphatic hydroxyl groups is 1. The number of carbonyl (C=O) groups excluding carboxylic acids is 1.